The molecule has 0 heterocycles. The van der Waals surface area contributed by atoms with Crippen molar-refractivity contribution in [1.29, 1.82) is 0 Å². The molecule has 1 saturated carbocycles. The summed E-state index contributed by atoms with van der Waals surface area (Å²) in [5.41, 5.74) is 9.88. The van der Waals surface area contributed by atoms with Crippen molar-refractivity contribution in [3.63, 3.8) is 0 Å². The highest BCUT2D eigenvalue weighted by Gasteiger charge is 2.41. The topological polar surface area (TPSA) is 26.0 Å². The van der Waals surface area contributed by atoms with Crippen LogP contribution in [-0.2, 0) is 0 Å². The lowest BCUT2D eigenvalue weighted by Crippen LogP contribution is -2.36. The van der Waals surface area contributed by atoms with Gasteiger partial charge in [0, 0.05) is 6.04 Å². The van der Waals surface area contributed by atoms with Crippen LogP contribution in [0.2, 0.25) is 0 Å². The van der Waals surface area contributed by atoms with Gasteiger partial charge in [-0.25, -0.2) is 0 Å². The quantitative estimate of drug-likeness (QED) is 0.565. The first-order chi connectivity index (χ1) is 6.36. The molecule has 1 heteroatoms. The minimum Gasteiger partial charge on any atom is -0.327 e. The van der Waals surface area contributed by atoms with Crippen molar-refractivity contribution in [3.8, 4) is 0 Å². The molecule has 0 aromatic heterocycles. The molecule has 0 saturated heterocycles. The van der Waals surface area contributed by atoms with Crippen molar-refractivity contribution in [2.75, 3.05) is 0 Å². The fourth-order valence-corrected chi connectivity index (χ4v) is 3.74. The van der Waals surface area contributed by atoms with Gasteiger partial charge in [-0.15, -0.1) is 0 Å². The molecule has 3 aliphatic carbocycles. The lowest BCUT2D eigenvalue weighted by Gasteiger charge is -2.34. The van der Waals surface area contributed by atoms with Gasteiger partial charge in [-0.05, 0) is 56.8 Å². The van der Waals surface area contributed by atoms with Gasteiger partial charge in [0.25, 0.3) is 0 Å². The monoisotopic (exact) mass is 177 g/mol. The molecule has 0 radical (unpaired) electrons. The third-order valence-electron chi connectivity index (χ3n) is 4.44. The average Bonchev–Trinajstić information content (AvgIpc) is 2.43. The number of hydrogen-bond donors (Lipinski definition) is 1. The Balaban J connectivity index is 1.97. The summed E-state index contributed by atoms with van der Waals surface area (Å²) in [6, 6.07) is 0.525. The molecule has 0 spiro atoms. The van der Waals surface area contributed by atoms with Crippen molar-refractivity contribution in [2.24, 2.45) is 17.6 Å². The molecule has 2 bridgehead atoms. The summed E-state index contributed by atoms with van der Waals surface area (Å²) in [7, 11) is 0. The summed E-state index contributed by atoms with van der Waals surface area (Å²) >= 11 is 0. The number of hydrogen-bond acceptors (Lipinski definition) is 1. The minimum absolute atomic E-state index is 0.525. The Morgan fingerprint density at radius 1 is 1.08 bits per heavy atom. The van der Waals surface area contributed by atoms with Crippen LogP contribution in [0.15, 0.2) is 11.1 Å². The molecule has 72 valence electrons. The van der Waals surface area contributed by atoms with E-state index >= 15 is 0 Å². The molecular formula is C12H19N. The van der Waals surface area contributed by atoms with E-state index in [9.17, 15) is 0 Å². The Morgan fingerprint density at radius 3 is 2.85 bits per heavy atom. The first-order valence-electron chi connectivity index (χ1n) is 5.82. The standard InChI is InChI=1S/C12H19N/c13-12-9-5-6-11(12)10-4-2-1-3-8(10)7-9/h9,11-12H,1-7,13H2/t9-,11+,12+/m1/s1. The van der Waals surface area contributed by atoms with Gasteiger partial charge in [-0.2, -0.15) is 0 Å². The fourth-order valence-electron chi connectivity index (χ4n) is 3.74. The molecule has 0 unspecified atom stereocenters. The third kappa shape index (κ3) is 1.10. The second-order valence-electron chi connectivity index (χ2n) is 5.06. The van der Waals surface area contributed by atoms with E-state index in [4.69, 9.17) is 5.73 Å². The van der Waals surface area contributed by atoms with Crippen LogP contribution in [0.4, 0.5) is 0 Å². The lowest BCUT2D eigenvalue weighted by atomic mass is 9.74. The molecule has 1 nitrogen and oxygen atoms in total. The molecule has 0 aromatic carbocycles. The molecule has 0 aromatic rings. The predicted octanol–water partition coefficient (Wildman–Crippen LogP) is 2.61. The van der Waals surface area contributed by atoms with Gasteiger partial charge in [0.05, 0.1) is 0 Å². The highest BCUT2D eigenvalue weighted by Crippen LogP contribution is 2.48. The zero-order valence-electron chi connectivity index (χ0n) is 8.26. The Kier molecular flexibility index (Phi) is 1.76. The predicted molar refractivity (Wildman–Crippen MR) is 54.3 cm³/mol. The van der Waals surface area contributed by atoms with E-state index in [0.29, 0.717) is 6.04 Å². The Hall–Kier alpha value is -0.300. The highest BCUT2D eigenvalue weighted by molar-refractivity contribution is 5.28. The summed E-state index contributed by atoms with van der Waals surface area (Å²) in [4.78, 5) is 0. The molecular weight excluding hydrogens is 158 g/mol. The first-order valence-corrected chi connectivity index (χ1v) is 5.82. The van der Waals surface area contributed by atoms with Crippen LogP contribution in [0.25, 0.3) is 0 Å². The maximum Gasteiger partial charge on any atom is 0.0136 e. The molecule has 0 aliphatic heterocycles. The Morgan fingerprint density at radius 2 is 1.92 bits per heavy atom. The maximum absolute atomic E-state index is 6.26. The van der Waals surface area contributed by atoms with Gasteiger partial charge in [0.2, 0.25) is 0 Å². The van der Waals surface area contributed by atoms with E-state index < -0.39 is 0 Å². The summed E-state index contributed by atoms with van der Waals surface area (Å²) in [6.45, 7) is 0. The van der Waals surface area contributed by atoms with E-state index in [1.165, 1.54) is 44.9 Å². The van der Waals surface area contributed by atoms with E-state index in [0.717, 1.165) is 11.8 Å². The smallest absolute Gasteiger partial charge is 0.0136 e. The largest absolute Gasteiger partial charge is 0.327 e. The molecule has 0 amide bonds. The average molecular weight is 177 g/mol. The second kappa shape index (κ2) is 2.84. The van der Waals surface area contributed by atoms with Crippen LogP contribution >= 0.6 is 0 Å². The third-order valence-corrected chi connectivity index (χ3v) is 4.44. The van der Waals surface area contributed by atoms with Crippen molar-refractivity contribution >= 4 is 0 Å². The number of rotatable bonds is 0. The van der Waals surface area contributed by atoms with E-state index in [2.05, 4.69) is 0 Å². The van der Waals surface area contributed by atoms with E-state index in [1.807, 2.05) is 5.57 Å². The van der Waals surface area contributed by atoms with Crippen molar-refractivity contribution in [2.45, 2.75) is 51.0 Å². The normalized spacial score (nSPS) is 43.6. The van der Waals surface area contributed by atoms with Crippen molar-refractivity contribution in [1.82, 2.24) is 0 Å². The van der Waals surface area contributed by atoms with Crippen molar-refractivity contribution in [3.05, 3.63) is 11.1 Å². The highest BCUT2D eigenvalue weighted by atomic mass is 14.7. The molecule has 3 aliphatic rings. The Bertz CT molecular complexity index is 254. The van der Waals surface area contributed by atoms with Crippen LogP contribution in [0.5, 0.6) is 0 Å². The molecule has 1 fully saturated rings. The van der Waals surface area contributed by atoms with Gasteiger partial charge >= 0.3 is 0 Å². The first kappa shape index (κ1) is 8.05. The molecule has 13 heavy (non-hydrogen) atoms. The fraction of sp³-hybridized carbons (Fsp3) is 0.833. The summed E-state index contributed by atoms with van der Waals surface area (Å²) in [5.74, 6) is 1.65. The number of allylic oxidation sites excluding steroid dienone is 1. The maximum atomic E-state index is 6.26. The number of fused-ring (bicyclic) bond motifs is 3. The van der Waals surface area contributed by atoms with Gasteiger partial charge in [-0.1, -0.05) is 11.1 Å². The SMILES string of the molecule is N[C@H]1[C@@H]2CC[C@H]1C1=C(CCCC1)C2. The van der Waals surface area contributed by atoms with Gasteiger partial charge < -0.3 is 5.73 Å². The van der Waals surface area contributed by atoms with Crippen LogP contribution in [0, 0.1) is 11.8 Å². The zero-order chi connectivity index (χ0) is 8.84. The van der Waals surface area contributed by atoms with Crippen LogP contribution < -0.4 is 5.73 Å². The van der Waals surface area contributed by atoms with Crippen LogP contribution in [-0.4, -0.2) is 6.04 Å². The van der Waals surface area contributed by atoms with E-state index in [1.54, 1.807) is 5.57 Å². The molecule has 3 rings (SSSR count). The summed E-state index contributed by atoms with van der Waals surface area (Å²) in [6.07, 6.45) is 9.78. The summed E-state index contributed by atoms with van der Waals surface area (Å²) < 4.78 is 0. The van der Waals surface area contributed by atoms with Crippen molar-refractivity contribution < 1.29 is 0 Å². The zero-order valence-corrected chi connectivity index (χ0v) is 8.26. The summed E-state index contributed by atoms with van der Waals surface area (Å²) in [5, 5.41) is 0. The lowest BCUT2D eigenvalue weighted by molar-refractivity contribution is 0.379. The second-order valence-corrected chi connectivity index (χ2v) is 5.06. The molecule has 3 atom stereocenters. The minimum atomic E-state index is 0.525. The van der Waals surface area contributed by atoms with Gasteiger partial charge in [0.15, 0.2) is 0 Å². The molecule has 2 N–H and O–H groups in total. The van der Waals surface area contributed by atoms with Crippen LogP contribution in [0.3, 0.4) is 0 Å². The van der Waals surface area contributed by atoms with Crippen LogP contribution in [0.1, 0.15) is 44.9 Å². The van der Waals surface area contributed by atoms with E-state index in [-0.39, 0.29) is 0 Å². The van der Waals surface area contributed by atoms with Gasteiger partial charge in [0.1, 0.15) is 0 Å². The number of nitrogens with two attached hydrogens (primary N) is 1. The van der Waals surface area contributed by atoms with Gasteiger partial charge in [-0.3, -0.25) is 0 Å². The Labute approximate surface area is 80.4 Å².